The second-order valence-electron chi connectivity index (χ2n) is 12.6. The van der Waals surface area contributed by atoms with Gasteiger partial charge in [0.1, 0.15) is 29.4 Å². The maximum Gasteiger partial charge on any atom is 0.405 e. The molecule has 2 unspecified atom stereocenters. The number of carbonyl (C=O) groups is 3. The van der Waals surface area contributed by atoms with Crippen molar-refractivity contribution in [2.45, 2.75) is 43.1 Å². The number of nitrogens with zero attached hydrogens (tertiary/aromatic N) is 3. The monoisotopic (exact) mass is 606 g/mol. The third kappa shape index (κ3) is 4.02. The molecule has 1 aromatic carbocycles. The molecule has 232 valence electrons. The van der Waals surface area contributed by atoms with Crippen molar-refractivity contribution in [1.29, 1.82) is 0 Å². The van der Waals surface area contributed by atoms with Crippen LogP contribution in [0.5, 0.6) is 5.75 Å². The van der Waals surface area contributed by atoms with Crippen molar-refractivity contribution < 1.29 is 48.0 Å². The zero-order chi connectivity index (χ0) is 31.5. The summed E-state index contributed by atoms with van der Waals surface area (Å²) in [4.78, 5) is 44.1. The first-order valence-corrected chi connectivity index (χ1v) is 14.0. The molecule has 1 saturated heterocycles. The standard InChI is InChI=1S/C29H33F3N4O7/c1-34(2)22-15-7-12-6-13-18(23(38)17(12)25(40)29(15,43)26(41)19(24(22)39)27(33)42)16(37)8-14-20-11(4-5-35(20)3)9-36(21(13)14)10-28(30,31)32/h8,11-12,15,20,22,37-38,41,43H,4-7,9-10H2,1-3H3,(H2,33,42)/t11?,12-,15-,20?,22+,29-/m0/s1. The SMILES string of the molecule is CN1CCC2CN(CC(F)(F)F)c3c(cc(O)c4c3C[C@H]3C[C@H]5[C@@H](N(C)C)C(=O)C(C(N)=O)=C(O)[C@@]5(O)C(=O)C3=C4O)C21. The summed E-state index contributed by atoms with van der Waals surface area (Å²) in [7, 11) is 4.85. The summed E-state index contributed by atoms with van der Waals surface area (Å²) < 4.78 is 41.5. The van der Waals surface area contributed by atoms with Crippen LogP contribution in [-0.2, 0) is 20.8 Å². The number of halogens is 3. The van der Waals surface area contributed by atoms with E-state index in [0.29, 0.717) is 18.5 Å². The van der Waals surface area contributed by atoms with Crippen LogP contribution in [0.15, 0.2) is 23.0 Å². The number of primary amides is 1. The van der Waals surface area contributed by atoms with E-state index in [2.05, 4.69) is 0 Å². The van der Waals surface area contributed by atoms with E-state index in [1.54, 1.807) is 0 Å². The topological polar surface area (TPSA) is 168 Å². The maximum absolute atomic E-state index is 14.0. The number of carbonyl (C=O) groups excluding carboxylic acids is 3. The van der Waals surface area contributed by atoms with Gasteiger partial charge in [0.2, 0.25) is 5.78 Å². The molecule has 2 aliphatic heterocycles. The third-order valence-electron chi connectivity index (χ3n) is 9.96. The minimum atomic E-state index is -4.54. The van der Waals surface area contributed by atoms with Gasteiger partial charge in [0.15, 0.2) is 11.4 Å². The van der Waals surface area contributed by atoms with Crippen molar-refractivity contribution in [2.24, 2.45) is 23.5 Å². The number of aliphatic hydroxyl groups excluding tert-OH is 2. The Morgan fingerprint density at radius 3 is 2.49 bits per heavy atom. The van der Waals surface area contributed by atoms with Gasteiger partial charge < -0.3 is 31.1 Å². The number of aromatic hydroxyl groups is 1. The molecule has 14 heteroatoms. The van der Waals surface area contributed by atoms with Gasteiger partial charge in [-0.3, -0.25) is 24.2 Å². The van der Waals surface area contributed by atoms with Crippen LogP contribution in [0, 0.1) is 17.8 Å². The Hall–Kier alpha value is -3.62. The zero-order valence-electron chi connectivity index (χ0n) is 23.8. The molecule has 6 rings (SSSR count). The molecule has 0 bridgehead atoms. The van der Waals surface area contributed by atoms with Crippen molar-refractivity contribution in [3.63, 3.8) is 0 Å². The van der Waals surface area contributed by atoms with E-state index < -0.39 is 76.5 Å². The molecule has 1 amide bonds. The van der Waals surface area contributed by atoms with Gasteiger partial charge in [-0.2, -0.15) is 13.2 Å². The van der Waals surface area contributed by atoms with Crippen LogP contribution in [0.3, 0.4) is 0 Å². The van der Waals surface area contributed by atoms with Gasteiger partial charge in [-0.05, 0) is 76.0 Å². The number of hydrogen-bond donors (Lipinski definition) is 5. The lowest BCUT2D eigenvalue weighted by Gasteiger charge is -2.50. The number of phenolic OH excluding ortho intramolecular Hbond substituents is 1. The van der Waals surface area contributed by atoms with E-state index in [0.717, 1.165) is 0 Å². The highest BCUT2D eigenvalue weighted by Gasteiger charge is 2.64. The van der Waals surface area contributed by atoms with Gasteiger partial charge in [-0.15, -0.1) is 0 Å². The Balaban J connectivity index is 1.57. The number of likely N-dealkylation sites (tertiary alicyclic amines) is 1. The largest absolute Gasteiger partial charge is 0.508 e. The molecule has 1 saturated carbocycles. The fraction of sp³-hybridized carbons (Fsp3) is 0.552. The number of phenols is 1. The van der Waals surface area contributed by atoms with Crippen molar-refractivity contribution in [3.05, 3.63) is 39.7 Å². The van der Waals surface area contributed by atoms with Crippen LogP contribution in [0.2, 0.25) is 0 Å². The molecule has 0 aromatic heterocycles. The number of amides is 1. The second-order valence-corrected chi connectivity index (χ2v) is 12.6. The zero-order valence-corrected chi connectivity index (χ0v) is 23.8. The Morgan fingerprint density at radius 1 is 1.21 bits per heavy atom. The molecule has 0 radical (unpaired) electrons. The highest BCUT2D eigenvalue weighted by molar-refractivity contribution is 6.24. The van der Waals surface area contributed by atoms with Crippen LogP contribution in [-0.4, -0.2) is 106 Å². The van der Waals surface area contributed by atoms with Crippen molar-refractivity contribution in [2.75, 3.05) is 45.7 Å². The number of benzene rings is 1. The predicted molar refractivity (Wildman–Crippen MR) is 146 cm³/mol. The minimum absolute atomic E-state index is 0.0826. The number of Topliss-reactive ketones (excluding diaryl/α,β-unsaturated/α-hetero) is 2. The Labute approximate surface area is 244 Å². The molecule has 0 spiro atoms. The maximum atomic E-state index is 14.0. The fourth-order valence-electron chi connectivity index (χ4n) is 8.37. The Bertz CT molecular complexity index is 1540. The van der Waals surface area contributed by atoms with Crippen LogP contribution in [0.1, 0.15) is 35.6 Å². The molecule has 2 heterocycles. The van der Waals surface area contributed by atoms with Crippen molar-refractivity contribution in [3.8, 4) is 5.75 Å². The molecule has 43 heavy (non-hydrogen) atoms. The van der Waals surface area contributed by atoms with Crippen molar-refractivity contribution in [1.82, 2.24) is 9.80 Å². The van der Waals surface area contributed by atoms with Crippen molar-refractivity contribution >= 4 is 28.9 Å². The van der Waals surface area contributed by atoms with E-state index in [9.17, 15) is 48.0 Å². The third-order valence-corrected chi connectivity index (χ3v) is 9.96. The van der Waals surface area contributed by atoms with E-state index >= 15 is 0 Å². The first-order chi connectivity index (χ1) is 20.0. The molecule has 2 fully saturated rings. The van der Waals surface area contributed by atoms with Crippen LogP contribution >= 0.6 is 0 Å². The first-order valence-electron chi connectivity index (χ1n) is 14.0. The van der Waals surface area contributed by atoms with E-state index in [1.165, 1.54) is 30.0 Å². The molecule has 6 atom stereocenters. The molecule has 6 N–H and O–H groups in total. The van der Waals surface area contributed by atoms with Crippen LogP contribution in [0.4, 0.5) is 18.9 Å². The number of nitrogens with two attached hydrogens (primary N) is 1. The smallest absolute Gasteiger partial charge is 0.405 e. The highest BCUT2D eigenvalue weighted by Crippen LogP contribution is 2.57. The summed E-state index contributed by atoms with van der Waals surface area (Å²) in [6.45, 7) is -0.490. The lowest BCUT2D eigenvalue weighted by molar-refractivity contribution is -0.153. The van der Waals surface area contributed by atoms with Gasteiger partial charge in [0, 0.05) is 29.8 Å². The number of rotatable bonds is 3. The number of ketones is 2. The van der Waals surface area contributed by atoms with Gasteiger partial charge in [0.25, 0.3) is 5.91 Å². The summed E-state index contributed by atoms with van der Waals surface area (Å²) in [6, 6.07) is -0.183. The van der Waals surface area contributed by atoms with Gasteiger partial charge in [0.05, 0.1) is 11.6 Å². The fourth-order valence-corrected chi connectivity index (χ4v) is 8.37. The lowest BCUT2D eigenvalue weighted by Crippen LogP contribution is -2.65. The minimum Gasteiger partial charge on any atom is -0.508 e. The van der Waals surface area contributed by atoms with E-state index in [-0.39, 0.29) is 53.7 Å². The average molecular weight is 607 g/mol. The molecule has 3 aliphatic carbocycles. The Kier molecular flexibility index (Phi) is 6.46. The normalized spacial score (nSPS) is 32.5. The van der Waals surface area contributed by atoms with Gasteiger partial charge in [-0.25, -0.2) is 0 Å². The predicted octanol–water partition coefficient (Wildman–Crippen LogP) is 1.34. The highest BCUT2D eigenvalue weighted by atomic mass is 19.4. The number of alkyl halides is 3. The number of hydrogen-bond acceptors (Lipinski definition) is 10. The molecule has 5 aliphatic rings. The average Bonchev–Trinajstić information content (AvgIpc) is 3.25. The second kappa shape index (κ2) is 9.44. The van der Waals surface area contributed by atoms with Gasteiger partial charge >= 0.3 is 6.18 Å². The summed E-state index contributed by atoms with van der Waals surface area (Å²) >= 11 is 0. The molecular formula is C29H33F3N4O7. The van der Waals surface area contributed by atoms with Crippen LogP contribution in [0.25, 0.3) is 5.76 Å². The van der Waals surface area contributed by atoms with E-state index in [1.807, 2.05) is 11.9 Å². The lowest BCUT2D eigenvalue weighted by atomic mass is 9.57. The summed E-state index contributed by atoms with van der Waals surface area (Å²) in [6.07, 6.45) is -4.11. The number of aliphatic hydroxyl groups is 3. The summed E-state index contributed by atoms with van der Waals surface area (Å²) in [5, 5.41) is 45.5. The summed E-state index contributed by atoms with van der Waals surface area (Å²) in [5.41, 5.74) is 2.03. The quantitative estimate of drug-likeness (QED) is 0.317. The molecule has 1 aromatic rings. The van der Waals surface area contributed by atoms with E-state index in [4.69, 9.17) is 5.73 Å². The van der Waals surface area contributed by atoms with Gasteiger partial charge in [-0.1, -0.05) is 0 Å². The number of anilines is 1. The summed E-state index contributed by atoms with van der Waals surface area (Å²) in [5.74, 6) is -8.05. The van der Waals surface area contributed by atoms with Crippen LogP contribution < -0.4 is 10.6 Å². The molecular weight excluding hydrogens is 573 g/mol. The number of likely N-dealkylation sites (N-methyl/N-ethyl adjacent to an activating group) is 1. The Morgan fingerprint density at radius 2 is 1.88 bits per heavy atom. The number of fused-ring (bicyclic) bond motifs is 7. The first kappa shape index (κ1) is 29.5. The molecule has 11 nitrogen and oxygen atoms in total.